The molecule has 148 valence electrons. The molecule has 1 amide bonds. The molecule has 0 radical (unpaired) electrons. The first-order valence-electron chi connectivity index (χ1n) is 9.98. The van der Waals surface area contributed by atoms with Crippen molar-refractivity contribution in [3.63, 3.8) is 0 Å². The summed E-state index contributed by atoms with van der Waals surface area (Å²) in [4.78, 5) is 17.1. The van der Waals surface area contributed by atoms with Gasteiger partial charge in [0.15, 0.2) is 5.72 Å². The van der Waals surface area contributed by atoms with Crippen LogP contribution in [0, 0.1) is 11.7 Å². The molecule has 3 fully saturated rings. The van der Waals surface area contributed by atoms with Gasteiger partial charge in [-0.15, -0.1) is 0 Å². The van der Waals surface area contributed by atoms with E-state index >= 15 is 0 Å². The van der Waals surface area contributed by atoms with Crippen LogP contribution in [0.25, 0.3) is 5.69 Å². The molecule has 2 aromatic rings. The number of rotatable bonds is 4. The highest BCUT2D eigenvalue weighted by atomic mass is 19.1. The molecule has 0 saturated carbocycles. The minimum atomic E-state index is -0.465. The number of amides is 1. The Morgan fingerprint density at radius 2 is 2.18 bits per heavy atom. The minimum Gasteiger partial charge on any atom is -0.352 e. The highest BCUT2D eigenvalue weighted by Crippen LogP contribution is 2.49. The van der Waals surface area contributed by atoms with Crippen LogP contribution in [-0.4, -0.2) is 56.4 Å². The molecule has 0 unspecified atom stereocenters. The lowest BCUT2D eigenvalue weighted by Crippen LogP contribution is -2.50. The number of likely N-dealkylation sites (tertiary alicyclic amines) is 1. The SMILES string of the molecule is CC(C)[C@@H]1CO[C@@]23CCN(Cc4cnn(-c5ccccc5F)c4)[C@@H]2CC(=O)N13. The molecule has 4 heterocycles. The predicted molar refractivity (Wildman–Crippen MR) is 101 cm³/mol. The summed E-state index contributed by atoms with van der Waals surface area (Å²) in [6.07, 6.45) is 4.99. The van der Waals surface area contributed by atoms with Crippen LogP contribution < -0.4 is 0 Å². The van der Waals surface area contributed by atoms with Crippen LogP contribution in [0.15, 0.2) is 36.7 Å². The first-order valence-corrected chi connectivity index (χ1v) is 9.98. The molecule has 3 saturated heterocycles. The van der Waals surface area contributed by atoms with Gasteiger partial charge in [-0.25, -0.2) is 9.07 Å². The topological polar surface area (TPSA) is 50.6 Å². The van der Waals surface area contributed by atoms with E-state index in [4.69, 9.17) is 4.74 Å². The van der Waals surface area contributed by atoms with Crippen LogP contribution in [0.2, 0.25) is 0 Å². The van der Waals surface area contributed by atoms with Crippen molar-refractivity contribution >= 4 is 5.91 Å². The van der Waals surface area contributed by atoms with E-state index in [1.807, 2.05) is 11.1 Å². The Kier molecular flexibility index (Phi) is 4.07. The fourth-order valence-corrected chi connectivity index (χ4v) is 5.09. The van der Waals surface area contributed by atoms with Gasteiger partial charge in [-0.3, -0.25) is 9.69 Å². The second kappa shape index (κ2) is 6.39. The zero-order valence-electron chi connectivity index (χ0n) is 16.2. The van der Waals surface area contributed by atoms with Gasteiger partial charge in [0.25, 0.3) is 0 Å². The van der Waals surface area contributed by atoms with Gasteiger partial charge in [0.05, 0.1) is 24.9 Å². The summed E-state index contributed by atoms with van der Waals surface area (Å²) in [6.45, 7) is 6.48. The molecule has 3 aliphatic rings. The Balaban J connectivity index is 1.36. The lowest BCUT2D eigenvalue weighted by atomic mass is 10.0. The number of para-hydroxylation sites is 1. The molecule has 1 aromatic carbocycles. The maximum Gasteiger partial charge on any atom is 0.226 e. The van der Waals surface area contributed by atoms with E-state index in [0.717, 1.165) is 18.5 Å². The van der Waals surface area contributed by atoms with Crippen molar-refractivity contribution in [1.82, 2.24) is 19.6 Å². The first-order chi connectivity index (χ1) is 13.5. The Morgan fingerprint density at radius 1 is 1.36 bits per heavy atom. The number of aromatic nitrogens is 2. The van der Waals surface area contributed by atoms with E-state index in [0.29, 0.717) is 31.2 Å². The quantitative estimate of drug-likeness (QED) is 0.813. The van der Waals surface area contributed by atoms with Gasteiger partial charge >= 0.3 is 0 Å². The molecule has 0 N–H and O–H groups in total. The highest BCUT2D eigenvalue weighted by molar-refractivity contribution is 5.82. The molecule has 28 heavy (non-hydrogen) atoms. The van der Waals surface area contributed by atoms with Gasteiger partial charge < -0.3 is 9.64 Å². The van der Waals surface area contributed by atoms with Gasteiger partial charge in [-0.05, 0) is 18.1 Å². The normalized spacial score (nSPS) is 29.7. The van der Waals surface area contributed by atoms with Gasteiger partial charge in [0.1, 0.15) is 11.5 Å². The summed E-state index contributed by atoms with van der Waals surface area (Å²) in [5.41, 5.74) is 0.977. The summed E-state index contributed by atoms with van der Waals surface area (Å²) >= 11 is 0. The third-order valence-electron chi connectivity index (χ3n) is 6.49. The number of benzene rings is 1. The number of carbonyl (C=O) groups is 1. The van der Waals surface area contributed by atoms with Crippen LogP contribution in [0.1, 0.15) is 32.3 Å². The molecular weight excluding hydrogens is 359 g/mol. The number of hydrogen-bond acceptors (Lipinski definition) is 4. The van der Waals surface area contributed by atoms with E-state index < -0.39 is 5.72 Å². The molecule has 0 aliphatic carbocycles. The maximum atomic E-state index is 14.0. The van der Waals surface area contributed by atoms with Crippen LogP contribution >= 0.6 is 0 Å². The summed E-state index contributed by atoms with van der Waals surface area (Å²) in [6, 6.07) is 6.85. The van der Waals surface area contributed by atoms with E-state index in [9.17, 15) is 9.18 Å². The maximum absolute atomic E-state index is 14.0. The molecule has 7 heteroatoms. The third-order valence-corrected chi connectivity index (χ3v) is 6.49. The van der Waals surface area contributed by atoms with Crippen LogP contribution in [0.5, 0.6) is 0 Å². The van der Waals surface area contributed by atoms with Gasteiger partial charge in [-0.1, -0.05) is 26.0 Å². The largest absolute Gasteiger partial charge is 0.352 e. The van der Waals surface area contributed by atoms with E-state index in [-0.39, 0.29) is 23.8 Å². The summed E-state index contributed by atoms with van der Waals surface area (Å²) in [7, 11) is 0. The first kappa shape index (κ1) is 17.8. The monoisotopic (exact) mass is 384 g/mol. The van der Waals surface area contributed by atoms with Crippen molar-refractivity contribution in [1.29, 1.82) is 0 Å². The number of nitrogens with zero attached hydrogens (tertiary/aromatic N) is 4. The molecule has 5 rings (SSSR count). The lowest BCUT2D eigenvalue weighted by Gasteiger charge is -2.34. The average Bonchev–Trinajstić information content (AvgIpc) is 3.40. The zero-order valence-corrected chi connectivity index (χ0v) is 16.2. The van der Waals surface area contributed by atoms with Crippen LogP contribution in [0.3, 0.4) is 0 Å². The summed E-state index contributed by atoms with van der Waals surface area (Å²) in [5.74, 6) is 0.288. The van der Waals surface area contributed by atoms with Crippen molar-refractivity contribution in [2.75, 3.05) is 13.2 Å². The van der Waals surface area contributed by atoms with Gasteiger partial charge in [0, 0.05) is 37.7 Å². The number of hydrogen-bond donors (Lipinski definition) is 0. The van der Waals surface area contributed by atoms with Crippen LogP contribution in [0.4, 0.5) is 4.39 Å². The summed E-state index contributed by atoms with van der Waals surface area (Å²) < 4.78 is 21.9. The molecule has 3 atom stereocenters. The molecule has 1 aromatic heterocycles. The molecule has 3 aliphatic heterocycles. The van der Waals surface area contributed by atoms with Crippen molar-refractivity contribution < 1.29 is 13.9 Å². The molecule has 1 spiro atoms. The average molecular weight is 384 g/mol. The Morgan fingerprint density at radius 3 is 2.96 bits per heavy atom. The fraction of sp³-hybridized carbons (Fsp3) is 0.524. The predicted octanol–water partition coefficient (Wildman–Crippen LogP) is 2.57. The number of carbonyl (C=O) groups excluding carboxylic acids is 1. The smallest absolute Gasteiger partial charge is 0.226 e. The van der Waals surface area contributed by atoms with E-state index in [2.05, 4.69) is 23.8 Å². The number of ether oxygens (including phenoxy) is 1. The summed E-state index contributed by atoms with van der Waals surface area (Å²) in [5, 5.41) is 4.33. The lowest BCUT2D eigenvalue weighted by molar-refractivity contribution is -0.139. The zero-order chi connectivity index (χ0) is 19.5. The van der Waals surface area contributed by atoms with Crippen molar-refractivity contribution in [2.45, 2.75) is 51.0 Å². The van der Waals surface area contributed by atoms with Crippen LogP contribution in [-0.2, 0) is 16.1 Å². The molecule has 0 bridgehead atoms. The second-order valence-electron chi connectivity index (χ2n) is 8.42. The second-order valence-corrected chi connectivity index (χ2v) is 8.42. The third kappa shape index (κ3) is 2.53. The van der Waals surface area contributed by atoms with Crippen molar-refractivity contribution in [2.24, 2.45) is 5.92 Å². The highest BCUT2D eigenvalue weighted by Gasteiger charge is 2.64. The van der Waals surface area contributed by atoms with Crippen molar-refractivity contribution in [3.05, 3.63) is 48.0 Å². The Hall–Kier alpha value is -2.25. The number of halogens is 1. The molecular formula is C21H25FN4O2. The van der Waals surface area contributed by atoms with E-state index in [1.54, 1.807) is 29.1 Å². The standard InChI is InChI=1S/C21H25FN4O2/c1-14(2)18-13-28-21-7-8-24(19(21)9-20(27)26(18)21)11-15-10-23-25(12-15)17-6-4-3-5-16(17)22/h3-6,10,12,14,18-19H,7-9,11,13H2,1-2H3/t18-,19+,21-/m0/s1. The van der Waals surface area contributed by atoms with Crippen molar-refractivity contribution in [3.8, 4) is 5.69 Å². The Labute approximate surface area is 163 Å². The van der Waals surface area contributed by atoms with Gasteiger partial charge in [0.2, 0.25) is 5.91 Å². The fourth-order valence-electron chi connectivity index (χ4n) is 5.09. The van der Waals surface area contributed by atoms with Gasteiger partial charge in [-0.2, -0.15) is 5.10 Å². The molecule has 6 nitrogen and oxygen atoms in total. The Bertz CT molecular complexity index is 913. The van der Waals surface area contributed by atoms with E-state index in [1.165, 1.54) is 6.07 Å². The minimum absolute atomic E-state index is 0.0700.